The van der Waals surface area contributed by atoms with Crippen LogP contribution in [0.1, 0.15) is 10.4 Å². The number of anilines is 1. The maximum absolute atomic E-state index is 12.4. The van der Waals surface area contributed by atoms with Gasteiger partial charge in [0.2, 0.25) is 0 Å². The molecule has 0 bridgehead atoms. The number of nitrogens with zero attached hydrogens (tertiary/aromatic N) is 2. The highest BCUT2D eigenvalue weighted by Crippen LogP contribution is 2.21. The van der Waals surface area contributed by atoms with Crippen molar-refractivity contribution in [1.29, 1.82) is 0 Å². The Hall–Kier alpha value is -1.95. The molecule has 0 spiro atoms. The highest BCUT2D eigenvalue weighted by Gasteiger charge is 2.26. The molecule has 2 rings (SSSR count). The van der Waals surface area contributed by atoms with Gasteiger partial charge in [-0.05, 0) is 18.2 Å². The molecule has 1 aromatic carbocycles. The molecule has 0 aliphatic carbocycles. The van der Waals surface area contributed by atoms with Crippen LogP contribution in [-0.4, -0.2) is 55.1 Å². The van der Waals surface area contributed by atoms with Crippen molar-refractivity contribution in [2.24, 2.45) is 0 Å². The Labute approximate surface area is 122 Å². The number of hydrogen-bond acceptors (Lipinski definition) is 4. The van der Waals surface area contributed by atoms with E-state index in [1.807, 2.05) is 0 Å². The molecule has 0 radical (unpaired) electrons. The summed E-state index contributed by atoms with van der Waals surface area (Å²) in [6.07, 6.45) is -0.376. The van der Waals surface area contributed by atoms with Gasteiger partial charge in [-0.3, -0.25) is 4.79 Å². The second-order valence-electron chi connectivity index (χ2n) is 4.49. The molecule has 1 aromatic rings. The standard InChI is InChI=1S/C13H16ClN3O3/c1-20-13(19)17-6-4-16(5-7-17)12(18)10-8-9(15)2-3-11(10)14/h2-3,8H,4-7,15H2,1H3. The van der Waals surface area contributed by atoms with Crippen molar-refractivity contribution >= 4 is 29.3 Å². The highest BCUT2D eigenvalue weighted by atomic mass is 35.5. The summed E-state index contributed by atoms with van der Waals surface area (Å²) < 4.78 is 4.65. The third kappa shape index (κ3) is 2.96. The molecular weight excluding hydrogens is 282 g/mol. The number of piperazine rings is 1. The minimum Gasteiger partial charge on any atom is -0.453 e. The van der Waals surface area contributed by atoms with Crippen LogP contribution in [0.25, 0.3) is 0 Å². The molecule has 1 heterocycles. The SMILES string of the molecule is COC(=O)N1CCN(C(=O)c2cc(N)ccc2Cl)CC1. The summed E-state index contributed by atoms with van der Waals surface area (Å²) in [5, 5.41) is 0.375. The van der Waals surface area contributed by atoms with Crippen LogP contribution in [0.15, 0.2) is 18.2 Å². The van der Waals surface area contributed by atoms with Crippen LogP contribution < -0.4 is 5.73 Å². The molecular formula is C13H16ClN3O3. The Balaban J connectivity index is 2.05. The fraction of sp³-hybridized carbons (Fsp3) is 0.385. The molecule has 1 saturated heterocycles. The predicted octanol–water partition coefficient (Wildman–Crippen LogP) is 1.45. The van der Waals surface area contributed by atoms with E-state index in [-0.39, 0.29) is 12.0 Å². The summed E-state index contributed by atoms with van der Waals surface area (Å²) in [4.78, 5) is 27.0. The minimum atomic E-state index is -0.376. The molecule has 108 valence electrons. The number of nitrogen functional groups attached to an aromatic ring is 1. The molecule has 2 amide bonds. The quantitative estimate of drug-likeness (QED) is 0.796. The number of halogens is 1. The van der Waals surface area contributed by atoms with Crippen molar-refractivity contribution < 1.29 is 14.3 Å². The molecule has 1 fully saturated rings. The second-order valence-corrected chi connectivity index (χ2v) is 4.90. The van der Waals surface area contributed by atoms with Gasteiger partial charge in [-0.15, -0.1) is 0 Å². The van der Waals surface area contributed by atoms with Gasteiger partial charge in [0.15, 0.2) is 0 Å². The Morgan fingerprint density at radius 3 is 2.40 bits per heavy atom. The second kappa shape index (κ2) is 6.00. The van der Waals surface area contributed by atoms with Crippen LogP contribution in [0, 0.1) is 0 Å². The smallest absolute Gasteiger partial charge is 0.409 e. The van der Waals surface area contributed by atoms with E-state index in [2.05, 4.69) is 4.74 Å². The zero-order valence-electron chi connectivity index (χ0n) is 11.1. The molecule has 0 aromatic heterocycles. The first-order valence-electron chi connectivity index (χ1n) is 6.20. The van der Waals surface area contributed by atoms with Gasteiger partial charge >= 0.3 is 6.09 Å². The average molecular weight is 298 g/mol. The van der Waals surface area contributed by atoms with Gasteiger partial charge in [0.1, 0.15) is 0 Å². The lowest BCUT2D eigenvalue weighted by atomic mass is 10.1. The molecule has 0 atom stereocenters. The van der Waals surface area contributed by atoms with E-state index in [9.17, 15) is 9.59 Å². The fourth-order valence-corrected chi connectivity index (χ4v) is 2.30. The average Bonchev–Trinajstić information content (AvgIpc) is 2.48. The summed E-state index contributed by atoms with van der Waals surface area (Å²) >= 11 is 6.02. The molecule has 1 aliphatic rings. The van der Waals surface area contributed by atoms with E-state index >= 15 is 0 Å². The number of amides is 2. The van der Waals surface area contributed by atoms with Crippen molar-refractivity contribution in [3.63, 3.8) is 0 Å². The molecule has 6 nitrogen and oxygen atoms in total. The fourth-order valence-electron chi connectivity index (χ4n) is 2.10. The number of nitrogens with two attached hydrogens (primary N) is 1. The first-order valence-corrected chi connectivity index (χ1v) is 6.58. The van der Waals surface area contributed by atoms with E-state index < -0.39 is 0 Å². The van der Waals surface area contributed by atoms with Crippen LogP contribution in [0.3, 0.4) is 0 Å². The minimum absolute atomic E-state index is 0.174. The van der Waals surface area contributed by atoms with Gasteiger partial charge in [-0.2, -0.15) is 0 Å². The molecule has 20 heavy (non-hydrogen) atoms. The van der Waals surface area contributed by atoms with E-state index in [1.165, 1.54) is 7.11 Å². The first-order chi connectivity index (χ1) is 9.52. The lowest BCUT2D eigenvalue weighted by Crippen LogP contribution is -2.50. The van der Waals surface area contributed by atoms with Crippen molar-refractivity contribution in [2.45, 2.75) is 0 Å². The molecule has 7 heteroatoms. The molecule has 1 aliphatic heterocycles. The first kappa shape index (κ1) is 14.5. The van der Waals surface area contributed by atoms with E-state index in [0.29, 0.717) is 42.5 Å². The Morgan fingerprint density at radius 1 is 1.20 bits per heavy atom. The monoisotopic (exact) mass is 297 g/mol. The van der Waals surface area contributed by atoms with Crippen molar-refractivity contribution in [3.8, 4) is 0 Å². The van der Waals surface area contributed by atoms with Gasteiger partial charge in [0.05, 0.1) is 17.7 Å². The van der Waals surface area contributed by atoms with Gasteiger partial charge in [-0.1, -0.05) is 11.6 Å². The Kier molecular flexibility index (Phi) is 4.34. The van der Waals surface area contributed by atoms with Crippen molar-refractivity contribution in [3.05, 3.63) is 28.8 Å². The molecule has 0 saturated carbocycles. The zero-order valence-corrected chi connectivity index (χ0v) is 11.9. The lowest BCUT2D eigenvalue weighted by molar-refractivity contribution is 0.0600. The highest BCUT2D eigenvalue weighted by molar-refractivity contribution is 6.34. The van der Waals surface area contributed by atoms with E-state index in [4.69, 9.17) is 17.3 Å². The number of rotatable bonds is 1. The third-order valence-electron chi connectivity index (χ3n) is 3.22. The number of benzene rings is 1. The summed E-state index contributed by atoms with van der Waals surface area (Å²) in [6, 6.07) is 4.82. The van der Waals surface area contributed by atoms with Gasteiger partial charge in [-0.25, -0.2) is 4.79 Å². The van der Waals surface area contributed by atoms with Crippen LogP contribution in [0.4, 0.5) is 10.5 Å². The number of hydrogen-bond donors (Lipinski definition) is 1. The van der Waals surface area contributed by atoms with Crippen LogP contribution in [0.2, 0.25) is 5.02 Å². The maximum atomic E-state index is 12.4. The molecule has 0 unspecified atom stereocenters. The normalized spacial score (nSPS) is 15.1. The van der Waals surface area contributed by atoms with Gasteiger partial charge in [0, 0.05) is 31.9 Å². The van der Waals surface area contributed by atoms with E-state index in [1.54, 1.807) is 28.0 Å². The zero-order chi connectivity index (χ0) is 14.7. The Morgan fingerprint density at radius 2 is 1.80 bits per heavy atom. The largest absolute Gasteiger partial charge is 0.453 e. The summed E-state index contributed by atoms with van der Waals surface area (Å²) in [5.74, 6) is -0.174. The number of methoxy groups -OCH3 is 1. The van der Waals surface area contributed by atoms with Crippen LogP contribution in [0.5, 0.6) is 0 Å². The van der Waals surface area contributed by atoms with E-state index in [0.717, 1.165) is 0 Å². The van der Waals surface area contributed by atoms with Gasteiger partial charge < -0.3 is 20.3 Å². The van der Waals surface area contributed by atoms with Crippen LogP contribution in [-0.2, 0) is 4.74 Å². The summed E-state index contributed by atoms with van der Waals surface area (Å²) in [5.41, 5.74) is 6.55. The predicted molar refractivity (Wildman–Crippen MR) is 75.7 cm³/mol. The Bertz CT molecular complexity index is 528. The van der Waals surface area contributed by atoms with Crippen LogP contribution >= 0.6 is 11.6 Å². The molecule has 2 N–H and O–H groups in total. The van der Waals surface area contributed by atoms with Crippen molar-refractivity contribution in [1.82, 2.24) is 9.80 Å². The summed E-state index contributed by atoms with van der Waals surface area (Å²) in [6.45, 7) is 1.77. The maximum Gasteiger partial charge on any atom is 0.409 e. The topological polar surface area (TPSA) is 75.9 Å². The lowest BCUT2D eigenvalue weighted by Gasteiger charge is -2.34. The number of ether oxygens (including phenoxy) is 1. The summed E-state index contributed by atoms with van der Waals surface area (Å²) in [7, 11) is 1.34. The van der Waals surface area contributed by atoms with Crippen molar-refractivity contribution in [2.75, 3.05) is 39.0 Å². The number of carbonyl (C=O) groups excluding carboxylic acids is 2. The van der Waals surface area contributed by atoms with Gasteiger partial charge in [0.25, 0.3) is 5.91 Å². The third-order valence-corrected chi connectivity index (χ3v) is 3.55. The number of carbonyl (C=O) groups is 2.